The van der Waals surface area contributed by atoms with Crippen molar-refractivity contribution in [1.29, 1.82) is 0 Å². The zero-order valence-corrected chi connectivity index (χ0v) is 13.1. The predicted octanol–water partition coefficient (Wildman–Crippen LogP) is 5.18. The molecule has 114 valence electrons. The molecule has 1 aromatic heterocycles. The van der Waals surface area contributed by atoms with Crippen LogP contribution in [0.1, 0.15) is 58.3 Å². The first-order valence-electron chi connectivity index (χ1n) is 8.36. The van der Waals surface area contributed by atoms with Crippen LogP contribution in [0.2, 0.25) is 0 Å². The van der Waals surface area contributed by atoms with Gasteiger partial charge in [0.25, 0.3) is 0 Å². The van der Waals surface area contributed by atoms with E-state index in [0.717, 1.165) is 23.4 Å². The number of para-hydroxylation sites is 2. The van der Waals surface area contributed by atoms with E-state index in [1.807, 2.05) is 30.5 Å². The zero-order valence-electron chi connectivity index (χ0n) is 13.1. The topological polar surface area (TPSA) is 37.8 Å². The van der Waals surface area contributed by atoms with Crippen LogP contribution in [0.5, 0.6) is 0 Å². The highest BCUT2D eigenvalue weighted by Gasteiger charge is 1.98. The van der Waals surface area contributed by atoms with E-state index in [-0.39, 0.29) is 0 Å². The number of nitrogens with one attached hydrogen (secondary N) is 1. The molecule has 3 heteroatoms. The van der Waals surface area contributed by atoms with E-state index in [1.165, 1.54) is 51.4 Å². The van der Waals surface area contributed by atoms with Crippen molar-refractivity contribution in [3.63, 3.8) is 0 Å². The van der Waals surface area contributed by atoms with Crippen LogP contribution < -0.4 is 5.32 Å². The van der Waals surface area contributed by atoms with Crippen molar-refractivity contribution < 1.29 is 0 Å². The Morgan fingerprint density at radius 3 is 2.29 bits per heavy atom. The summed E-state index contributed by atoms with van der Waals surface area (Å²) in [6, 6.07) is 7.98. The van der Waals surface area contributed by atoms with Crippen LogP contribution in [0.25, 0.3) is 11.0 Å². The van der Waals surface area contributed by atoms with E-state index >= 15 is 0 Å². The monoisotopic (exact) mass is 285 g/mol. The lowest BCUT2D eigenvalue weighted by Gasteiger charge is -2.06. The Bertz CT molecular complexity index is 525. The average Bonchev–Trinajstić information content (AvgIpc) is 2.53. The summed E-state index contributed by atoms with van der Waals surface area (Å²) in [6.45, 7) is 3.25. The van der Waals surface area contributed by atoms with E-state index in [4.69, 9.17) is 0 Å². The maximum atomic E-state index is 4.57. The summed E-state index contributed by atoms with van der Waals surface area (Å²) in [4.78, 5) is 8.98. The van der Waals surface area contributed by atoms with Crippen LogP contribution in [0.4, 0.5) is 5.82 Å². The first-order chi connectivity index (χ1) is 10.4. The van der Waals surface area contributed by atoms with Crippen LogP contribution in [0.3, 0.4) is 0 Å². The van der Waals surface area contributed by atoms with Gasteiger partial charge in [0, 0.05) is 6.54 Å². The van der Waals surface area contributed by atoms with E-state index in [9.17, 15) is 0 Å². The molecule has 0 saturated carbocycles. The van der Waals surface area contributed by atoms with Crippen molar-refractivity contribution in [2.24, 2.45) is 0 Å². The second-order valence-corrected chi connectivity index (χ2v) is 5.65. The van der Waals surface area contributed by atoms with E-state index in [2.05, 4.69) is 22.2 Å². The van der Waals surface area contributed by atoms with Crippen LogP contribution in [0.15, 0.2) is 30.5 Å². The van der Waals surface area contributed by atoms with Gasteiger partial charge in [0.1, 0.15) is 5.82 Å². The molecule has 0 aliphatic heterocycles. The third-order valence-electron chi connectivity index (χ3n) is 3.79. The summed E-state index contributed by atoms with van der Waals surface area (Å²) < 4.78 is 0. The molecule has 3 nitrogen and oxygen atoms in total. The summed E-state index contributed by atoms with van der Waals surface area (Å²) in [5, 5.41) is 3.37. The van der Waals surface area contributed by atoms with E-state index in [0.29, 0.717) is 0 Å². The Morgan fingerprint density at radius 1 is 0.857 bits per heavy atom. The molecule has 0 spiro atoms. The lowest BCUT2D eigenvalue weighted by Crippen LogP contribution is -2.03. The Balaban J connectivity index is 1.59. The van der Waals surface area contributed by atoms with Crippen molar-refractivity contribution >= 4 is 16.9 Å². The molecule has 2 rings (SSSR count). The molecule has 0 aliphatic carbocycles. The van der Waals surface area contributed by atoms with Gasteiger partial charge in [-0.25, -0.2) is 4.98 Å². The first kappa shape index (κ1) is 15.7. The van der Waals surface area contributed by atoms with Gasteiger partial charge >= 0.3 is 0 Å². The summed E-state index contributed by atoms with van der Waals surface area (Å²) >= 11 is 0. The Labute approximate surface area is 128 Å². The van der Waals surface area contributed by atoms with Crippen LogP contribution >= 0.6 is 0 Å². The molecule has 0 amide bonds. The number of hydrogen-bond acceptors (Lipinski definition) is 3. The number of anilines is 1. The molecule has 0 radical (unpaired) electrons. The molecule has 0 bridgehead atoms. The molecule has 0 atom stereocenters. The molecule has 0 saturated heterocycles. The second kappa shape index (κ2) is 9.32. The molecule has 1 heterocycles. The van der Waals surface area contributed by atoms with Gasteiger partial charge in [0.05, 0.1) is 17.2 Å². The lowest BCUT2D eigenvalue weighted by molar-refractivity contribution is 0.581. The predicted molar refractivity (Wildman–Crippen MR) is 90.6 cm³/mol. The number of unbranched alkanes of at least 4 members (excludes halogenated alkanes) is 7. The molecule has 0 unspecified atom stereocenters. The van der Waals surface area contributed by atoms with Gasteiger partial charge in [-0.3, -0.25) is 4.98 Å². The van der Waals surface area contributed by atoms with Gasteiger partial charge in [0.2, 0.25) is 0 Å². The van der Waals surface area contributed by atoms with Crippen molar-refractivity contribution in [3.05, 3.63) is 30.5 Å². The summed E-state index contributed by atoms with van der Waals surface area (Å²) in [5.41, 5.74) is 1.91. The van der Waals surface area contributed by atoms with Crippen molar-refractivity contribution in [2.75, 3.05) is 11.9 Å². The largest absolute Gasteiger partial charge is 0.369 e. The normalized spacial score (nSPS) is 10.9. The fraction of sp³-hybridized carbons (Fsp3) is 0.556. The molecule has 2 aromatic rings. The average molecular weight is 285 g/mol. The minimum absolute atomic E-state index is 0.886. The smallest absolute Gasteiger partial charge is 0.145 e. The molecule has 21 heavy (non-hydrogen) atoms. The number of rotatable bonds is 10. The molecule has 1 N–H and O–H groups in total. The number of nitrogens with zero attached hydrogens (tertiary/aromatic N) is 2. The van der Waals surface area contributed by atoms with Crippen molar-refractivity contribution in [2.45, 2.75) is 58.3 Å². The summed E-state index contributed by atoms with van der Waals surface area (Å²) in [5.74, 6) is 0.886. The SMILES string of the molecule is CCCCCCCCCCNc1cnc2ccccc2n1. The van der Waals surface area contributed by atoms with Gasteiger partial charge in [-0.05, 0) is 18.6 Å². The molecular formula is C18H27N3. The summed E-state index contributed by atoms with van der Waals surface area (Å²) in [6.07, 6.45) is 12.6. The maximum absolute atomic E-state index is 4.57. The van der Waals surface area contributed by atoms with Crippen molar-refractivity contribution in [1.82, 2.24) is 9.97 Å². The van der Waals surface area contributed by atoms with Crippen molar-refractivity contribution in [3.8, 4) is 0 Å². The molecule has 0 fully saturated rings. The Kier molecular flexibility index (Phi) is 6.99. The standard InChI is InChI=1S/C18H27N3/c1-2-3-4-5-6-7-8-11-14-19-18-15-20-16-12-9-10-13-17(16)21-18/h9-10,12-13,15H,2-8,11,14H2,1H3,(H,19,21). The van der Waals surface area contributed by atoms with Gasteiger partial charge in [0.15, 0.2) is 0 Å². The number of benzene rings is 1. The summed E-state index contributed by atoms with van der Waals surface area (Å²) in [7, 11) is 0. The lowest BCUT2D eigenvalue weighted by atomic mass is 10.1. The minimum atomic E-state index is 0.886. The number of fused-ring (bicyclic) bond motifs is 1. The molecular weight excluding hydrogens is 258 g/mol. The quantitative estimate of drug-likeness (QED) is 0.611. The molecule has 1 aromatic carbocycles. The van der Waals surface area contributed by atoms with E-state index in [1.54, 1.807) is 0 Å². The molecule has 0 aliphatic rings. The highest BCUT2D eigenvalue weighted by atomic mass is 15.0. The third kappa shape index (κ3) is 5.70. The third-order valence-corrected chi connectivity index (χ3v) is 3.79. The fourth-order valence-electron chi connectivity index (χ4n) is 2.52. The van der Waals surface area contributed by atoms with Gasteiger partial charge in [-0.2, -0.15) is 0 Å². The second-order valence-electron chi connectivity index (χ2n) is 5.65. The number of hydrogen-bond donors (Lipinski definition) is 1. The van der Waals surface area contributed by atoms with Crippen LogP contribution in [-0.2, 0) is 0 Å². The highest BCUT2D eigenvalue weighted by Crippen LogP contribution is 2.12. The first-order valence-corrected chi connectivity index (χ1v) is 8.36. The minimum Gasteiger partial charge on any atom is -0.369 e. The Hall–Kier alpha value is -1.64. The van der Waals surface area contributed by atoms with Gasteiger partial charge < -0.3 is 5.32 Å². The fourth-order valence-corrected chi connectivity index (χ4v) is 2.52. The Morgan fingerprint density at radius 2 is 1.52 bits per heavy atom. The van der Waals surface area contributed by atoms with Crippen LogP contribution in [-0.4, -0.2) is 16.5 Å². The zero-order chi connectivity index (χ0) is 14.8. The van der Waals surface area contributed by atoms with Gasteiger partial charge in [-0.1, -0.05) is 64.0 Å². The van der Waals surface area contributed by atoms with E-state index < -0.39 is 0 Å². The van der Waals surface area contributed by atoms with Crippen LogP contribution in [0, 0.1) is 0 Å². The highest BCUT2D eigenvalue weighted by molar-refractivity contribution is 5.75. The van der Waals surface area contributed by atoms with Gasteiger partial charge in [-0.15, -0.1) is 0 Å². The maximum Gasteiger partial charge on any atom is 0.145 e. The number of aromatic nitrogens is 2.